The molecule has 0 unspecified atom stereocenters. The standard InChI is InChI=1S/C55H75F2N9O15/c1-7-55(6,8-2)64-45(71)16-12-15-43(69)61-40(28-48(75)76)52(79)63-39(27-42(58)68)51(78)62-37(50(77)59-23-21-44(70)60-38(53(80)81)19-20-47(73)74)22-24-66(46(72)31-67)49(54(3,4)5)41-25-33(35-26-34(56)17-18-36(35)57)30-65(41)29-32-13-10-9-11-14-32/h9-11,13-14,17-18,25-26,30,37-40,49,67H,7-8,12,15-16,19-24,27-29,31H2,1-6H3,(H2,58,68)(H,59,77)(H,60,70)(H,61,69)(H,62,78)(H,63,79)(H,64,71)(H,73,74)(H,75,76)(H,80,81)/t37-,38+,39-,40-,49-/m0/s1. The van der Waals surface area contributed by atoms with Crippen LogP contribution in [0.15, 0.2) is 60.8 Å². The molecule has 2 aromatic carbocycles. The molecule has 24 nitrogen and oxygen atoms in total. The van der Waals surface area contributed by atoms with E-state index in [1.165, 1.54) is 4.90 Å². The van der Waals surface area contributed by atoms with Gasteiger partial charge in [0.2, 0.25) is 47.3 Å². The van der Waals surface area contributed by atoms with Crippen LogP contribution in [-0.4, -0.2) is 144 Å². The van der Waals surface area contributed by atoms with Crippen molar-refractivity contribution in [3.8, 4) is 11.1 Å². The van der Waals surface area contributed by atoms with Crippen molar-refractivity contribution in [1.82, 2.24) is 41.4 Å². The van der Waals surface area contributed by atoms with Gasteiger partial charge in [0.05, 0.1) is 18.9 Å². The Hall–Kier alpha value is -8.29. The summed E-state index contributed by atoms with van der Waals surface area (Å²) >= 11 is 0. The van der Waals surface area contributed by atoms with Crippen LogP contribution in [0.2, 0.25) is 0 Å². The minimum absolute atomic E-state index is 0.00720. The maximum atomic E-state index is 15.4. The van der Waals surface area contributed by atoms with Crippen molar-refractivity contribution in [2.75, 3.05) is 19.7 Å². The van der Waals surface area contributed by atoms with Gasteiger partial charge in [-0.3, -0.25) is 47.9 Å². The summed E-state index contributed by atoms with van der Waals surface area (Å²) in [7, 11) is 0. The summed E-state index contributed by atoms with van der Waals surface area (Å²) in [4.78, 5) is 143. The predicted molar refractivity (Wildman–Crippen MR) is 288 cm³/mol. The van der Waals surface area contributed by atoms with E-state index in [0.29, 0.717) is 18.5 Å². The highest BCUT2D eigenvalue weighted by molar-refractivity contribution is 5.97. The topological polar surface area (TPSA) is 375 Å². The number of aromatic nitrogens is 1. The predicted octanol–water partition coefficient (Wildman–Crippen LogP) is 2.39. The highest BCUT2D eigenvalue weighted by atomic mass is 19.1. The first-order valence-corrected chi connectivity index (χ1v) is 26.3. The molecule has 8 amide bonds. The van der Waals surface area contributed by atoms with Gasteiger partial charge in [0.15, 0.2) is 0 Å². The summed E-state index contributed by atoms with van der Waals surface area (Å²) in [5.74, 6) is -13.7. The Bertz CT molecular complexity index is 2730. The van der Waals surface area contributed by atoms with Gasteiger partial charge in [0.1, 0.15) is 42.4 Å². The third-order valence-corrected chi connectivity index (χ3v) is 13.3. The lowest BCUT2D eigenvalue weighted by Gasteiger charge is -2.41. The molecule has 26 heteroatoms. The number of carbonyl (C=O) groups excluding carboxylic acids is 8. The normalized spacial score (nSPS) is 13.2. The summed E-state index contributed by atoms with van der Waals surface area (Å²) in [6, 6.07) is 5.18. The molecule has 0 aliphatic heterocycles. The van der Waals surface area contributed by atoms with Crippen LogP contribution in [0, 0.1) is 17.0 Å². The maximum Gasteiger partial charge on any atom is 0.326 e. The molecule has 0 aliphatic rings. The number of nitrogens with two attached hydrogens (primary N) is 1. The molecular weight excluding hydrogens is 1060 g/mol. The van der Waals surface area contributed by atoms with Crippen LogP contribution in [0.1, 0.15) is 129 Å². The van der Waals surface area contributed by atoms with Crippen molar-refractivity contribution in [2.24, 2.45) is 11.1 Å². The van der Waals surface area contributed by atoms with Crippen molar-refractivity contribution in [3.63, 3.8) is 0 Å². The highest BCUT2D eigenvalue weighted by Gasteiger charge is 2.39. The Labute approximate surface area is 467 Å². The third-order valence-electron chi connectivity index (χ3n) is 13.3. The van der Waals surface area contributed by atoms with E-state index in [0.717, 1.165) is 23.8 Å². The number of carboxylic acids is 3. The Morgan fingerprint density at radius 1 is 0.679 bits per heavy atom. The maximum absolute atomic E-state index is 15.4. The van der Waals surface area contributed by atoms with Gasteiger partial charge in [0, 0.05) is 73.9 Å². The number of hydrogen-bond acceptors (Lipinski definition) is 12. The van der Waals surface area contributed by atoms with Crippen molar-refractivity contribution < 1.29 is 81.9 Å². The van der Waals surface area contributed by atoms with E-state index < -0.39 is 170 Å². The number of aliphatic carboxylic acids is 3. The van der Waals surface area contributed by atoms with E-state index in [9.17, 15) is 72.4 Å². The van der Waals surface area contributed by atoms with E-state index in [1.807, 2.05) is 32.9 Å². The van der Waals surface area contributed by atoms with Crippen LogP contribution >= 0.6 is 0 Å². The van der Waals surface area contributed by atoms with Gasteiger partial charge in [-0.2, -0.15) is 0 Å². The first-order valence-electron chi connectivity index (χ1n) is 26.3. The van der Waals surface area contributed by atoms with E-state index in [4.69, 9.17) is 10.8 Å². The molecule has 3 rings (SSSR count). The molecule has 0 fully saturated rings. The lowest BCUT2D eigenvalue weighted by atomic mass is 9.82. The second kappa shape index (κ2) is 31.5. The van der Waals surface area contributed by atoms with E-state index in [-0.39, 0.29) is 42.8 Å². The second-order valence-electron chi connectivity index (χ2n) is 20.8. The molecule has 12 N–H and O–H groups in total. The van der Waals surface area contributed by atoms with E-state index >= 15 is 4.39 Å². The number of rotatable bonds is 34. The number of aliphatic hydroxyl groups is 1. The number of nitrogens with one attached hydrogen (secondary N) is 6. The van der Waals surface area contributed by atoms with Crippen LogP contribution in [0.25, 0.3) is 11.1 Å². The van der Waals surface area contributed by atoms with Crippen molar-refractivity contribution in [1.29, 1.82) is 0 Å². The molecular formula is C55H75F2N9O15. The van der Waals surface area contributed by atoms with Crippen LogP contribution < -0.4 is 37.6 Å². The number of primary amides is 1. The van der Waals surface area contributed by atoms with Gasteiger partial charge in [-0.1, -0.05) is 65.0 Å². The average Bonchev–Trinajstić information content (AvgIpc) is 3.79. The fraction of sp³-hybridized carbons (Fsp3) is 0.509. The number of nitrogens with zero attached hydrogens (tertiary/aromatic N) is 2. The Kier molecular flexibility index (Phi) is 26.0. The van der Waals surface area contributed by atoms with Crippen LogP contribution in [0.4, 0.5) is 8.78 Å². The van der Waals surface area contributed by atoms with Gasteiger partial charge in [0.25, 0.3) is 0 Å². The smallest absolute Gasteiger partial charge is 0.326 e. The SMILES string of the molecule is CCC(C)(CC)NC(=O)CCCC(=O)N[C@@H](CC(=O)O)C(=O)N[C@@H](CC(N)=O)C(=O)N[C@@H](CCN(C(=O)CO)[C@@H](c1cc(-c2cc(F)ccc2F)cn1Cc1ccccc1)C(C)(C)C)C(=O)NCCC(=O)N[C@H](CCC(=O)O)C(=O)O. The summed E-state index contributed by atoms with van der Waals surface area (Å²) in [5.41, 5.74) is 5.26. The number of benzene rings is 2. The molecule has 0 radical (unpaired) electrons. The lowest BCUT2D eigenvalue weighted by molar-refractivity contribution is -0.143. The van der Waals surface area contributed by atoms with Crippen molar-refractivity contribution >= 4 is 65.2 Å². The Balaban J connectivity index is 2.06. The molecule has 0 bridgehead atoms. The van der Waals surface area contributed by atoms with Crippen molar-refractivity contribution in [3.05, 3.63) is 83.7 Å². The highest BCUT2D eigenvalue weighted by Crippen LogP contribution is 2.41. The molecule has 0 saturated carbocycles. The zero-order valence-electron chi connectivity index (χ0n) is 46.3. The molecule has 1 heterocycles. The van der Waals surface area contributed by atoms with E-state index in [2.05, 4.69) is 31.9 Å². The minimum Gasteiger partial charge on any atom is -0.481 e. The van der Waals surface area contributed by atoms with Gasteiger partial charge in [-0.05, 0) is 74.3 Å². The Morgan fingerprint density at radius 3 is 1.84 bits per heavy atom. The molecule has 81 heavy (non-hydrogen) atoms. The molecule has 0 aliphatic carbocycles. The summed E-state index contributed by atoms with van der Waals surface area (Å²) < 4.78 is 31.8. The first-order chi connectivity index (χ1) is 38.0. The number of halogens is 2. The molecule has 5 atom stereocenters. The average molecular weight is 1140 g/mol. The van der Waals surface area contributed by atoms with Crippen molar-refractivity contribution in [2.45, 2.75) is 154 Å². The largest absolute Gasteiger partial charge is 0.481 e. The first kappa shape index (κ1) is 67.0. The third kappa shape index (κ3) is 22.1. The number of carbonyl (C=O) groups is 11. The molecule has 0 saturated heterocycles. The number of carboxylic acid groups (broad SMARTS) is 3. The number of aliphatic hydroxyl groups excluding tert-OH is 1. The van der Waals surface area contributed by atoms with Crippen LogP contribution in [-0.2, 0) is 59.3 Å². The van der Waals surface area contributed by atoms with Crippen LogP contribution in [0.5, 0.6) is 0 Å². The van der Waals surface area contributed by atoms with Gasteiger partial charge >= 0.3 is 17.9 Å². The molecule has 1 aromatic heterocycles. The lowest BCUT2D eigenvalue weighted by Crippen LogP contribution is -2.58. The number of amides is 8. The summed E-state index contributed by atoms with van der Waals surface area (Å²) in [6.45, 7) is 8.94. The Morgan fingerprint density at radius 2 is 1.27 bits per heavy atom. The zero-order chi connectivity index (χ0) is 60.8. The summed E-state index contributed by atoms with van der Waals surface area (Å²) in [5, 5.41) is 53.1. The molecule has 0 spiro atoms. The zero-order valence-corrected chi connectivity index (χ0v) is 46.3. The second-order valence-corrected chi connectivity index (χ2v) is 20.8. The van der Waals surface area contributed by atoms with E-state index in [1.54, 1.807) is 55.8 Å². The van der Waals surface area contributed by atoms with Gasteiger partial charge < -0.3 is 67.5 Å². The summed E-state index contributed by atoms with van der Waals surface area (Å²) in [6.07, 6.45) is -1.71. The van der Waals surface area contributed by atoms with Gasteiger partial charge in [-0.15, -0.1) is 0 Å². The minimum atomic E-state index is -1.96. The fourth-order valence-electron chi connectivity index (χ4n) is 8.69. The monoisotopic (exact) mass is 1140 g/mol. The molecule has 3 aromatic rings. The fourth-order valence-corrected chi connectivity index (χ4v) is 8.69. The molecule has 444 valence electrons. The number of hydrogen-bond donors (Lipinski definition) is 11. The quantitative estimate of drug-likeness (QED) is 0.0409. The van der Waals surface area contributed by atoms with Crippen LogP contribution in [0.3, 0.4) is 0 Å². The van der Waals surface area contributed by atoms with Gasteiger partial charge in [-0.25, -0.2) is 13.6 Å².